The van der Waals surface area contributed by atoms with Crippen molar-refractivity contribution in [2.45, 2.75) is 56.9 Å². The van der Waals surface area contributed by atoms with Crippen molar-refractivity contribution in [3.63, 3.8) is 0 Å². The molecule has 0 aliphatic heterocycles. The van der Waals surface area contributed by atoms with Crippen LogP contribution < -0.4 is 0 Å². The molecule has 0 radical (unpaired) electrons. The second-order valence-electron chi connectivity index (χ2n) is 8.02. The third kappa shape index (κ3) is 2.90. The molecule has 1 atom stereocenters. The predicted octanol–water partition coefficient (Wildman–Crippen LogP) is 3.66. The maximum Gasteiger partial charge on any atom is 0.230 e. The summed E-state index contributed by atoms with van der Waals surface area (Å²) in [7, 11) is 0. The van der Waals surface area contributed by atoms with Gasteiger partial charge >= 0.3 is 0 Å². The van der Waals surface area contributed by atoms with Crippen molar-refractivity contribution in [3.8, 4) is 11.4 Å². The maximum atomic E-state index is 5.68. The summed E-state index contributed by atoms with van der Waals surface area (Å²) in [5.41, 5.74) is 4.97. The van der Waals surface area contributed by atoms with Crippen molar-refractivity contribution >= 4 is 11.0 Å². The third-order valence-corrected chi connectivity index (χ3v) is 6.23. The topological polar surface area (TPSA) is 95.4 Å². The molecule has 2 aliphatic rings. The van der Waals surface area contributed by atoms with Crippen LogP contribution >= 0.6 is 0 Å². The van der Waals surface area contributed by atoms with Gasteiger partial charge in [-0.15, -0.1) is 5.10 Å². The summed E-state index contributed by atoms with van der Waals surface area (Å²) in [4.78, 5) is 13.4. The van der Waals surface area contributed by atoms with E-state index in [1.54, 1.807) is 12.4 Å². The van der Waals surface area contributed by atoms with Gasteiger partial charge in [-0.2, -0.15) is 4.98 Å². The molecule has 0 bridgehead atoms. The van der Waals surface area contributed by atoms with Crippen LogP contribution in [-0.4, -0.2) is 35.1 Å². The van der Waals surface area contributed by atoms with E-state index in [0.717, 1.165) is 41.6 Å². The van der Waals surface area contributed by atoms with Crippen molar-refractivity contribution < 1.29 is 4.52 Å². The molecule has 29 heavy (non-hydrogen) atoms. The Morgan fingerprint density at radius 2 is 1.86 bits per heavy atom. The van der Waals surface area contributed by atoms with Crippen LogP contribution in [0.4, 0.5) is 0 Å². The highest BCUT2D eigenvalue weighted by atomic mass is 16.5. The summed E-state index contributed by atoms with van der Waals surface area (Å²) >= 11 is 0. The summed E-state index contributed by atoms with van der Waals surface area (Å²) in [5.74, 6) is 1.51. The predicted molar refractivity (Wildman–Crippen MR) is 105 cm³/mol. The molecule has 0 saturated heterocycles. The molecule has 1 fully saturated rings. The molecule has 3 heterocycles. The van der Waals surface area contributed by atoms with Gasteiger partial charge < -0.3 is 4.52 Å². The molecule has 1 aromatic carbocycles. The Morgan fingerprint density at radius 1 is 1.00 bits per heavy atom. The van der Waals surface area contributed by atoms with Crippen LogP contribution in [0.2, 0.25) is 0 Å². The Hall–Kier alpha value is -3.16. The van der Waals surface area contributed by atoms with Crippen LogP contribution in [0.25, 0.3) is 22.4 Å². The molecule has 0 spiro atoms. The minimum Gasteiger partial charge on any atom is -0.339 e. The Kier molecular flexibility index (Phi) is 3.88. The van der Waals surface area contributed by atoms with E-state index in [9.17, 15) is 0 Å². The van der Waals surface area contributed by atoms with Gasteiger partial charge in [0.2, 0.25) is 11.7 Å². The van der Waals surface area contributed by atoms with Crippen molar-refractivity contribution in [2.24, 2.45) is 0 Å². The highest BCUT2D eigenvalue weighted by Crippen LogP contribution is 2.36. The molecule has 146 valence electrons. The molecule has 0 N–H and O–H groups in total. The van der Waals surface area contributed by atoms with Gasteiger partial charge in [0.05, 0.1) is 28.5 Å². The summed E-state index contributed by atoms with van der Waals surface area (Å²) in [6.07, 6.45) is 11.1. The second-order valence-corrected chi connectivity index (χ2v) is 8.02. The van der Waals surface area contributed by atoms with Gasteiger partial charge in [0.25, 0.3) is 0 Å². The van der Waals surface area contributed by atoms with E-state index in [0.29, 0.717) is 17.8 Å². The largest absolute Gasteiger partial charge is 0.339 e. The Labute approximate surface area is 167 Å². The summed E-state index contributed by atoms with van der Waals surface area (Å²) in [6.45, 7) is 0. The Bertz CT molecular complexity index is 1170. The molecular formula is C21H21N7O. The average molecular weight is 387 g/mol. The van der Waals surface area contributed by atoms with Crippen LogP contribution in [-0.2, 0) is 12.8 Å². The van der Waals surface area contributed by atoms with Gasteiger partial charge in [-0.25, -0.2) is 4.68 Å². The van der Waals surface area contributed by atoms with Gasteiger partial charge in [0.15, 0.2) is 0 Å². The zero-order chi connectivity index (χ0) is 19.2. The highest BCUT2D eigenvalue weighted by Gasteiger charge is 2.31. The van der Waals surface area contributed by atoms with Crippen LogP contribution in [0.3, 0.4) is 0 Å². The molecule has 2 aliphatic carbocycles. The van der Waals surface area contributed by atoms with E-state index in [1.165, 1.54) is 31.4 Å². The number of rotatable bonds is 3. The second kappa shape index (κ2) is 6.72. The summed E-state index contributed by atoms with van der Waals surface area (Å²) in [5, 5.41) is 13.2. The number of benzene rings is 1. The lowest BCUT2D eigenvalue weighted by Crippen LogP contribution is -2.18. The van der Waals surface area contributed by atoms with Gasteiger partial charge in [0, 0.05) is 30.3 Å². The molecule has 8 nitrogen and oxygen atoms in total. The normalized spacial score (nSPS) is 19.7. The molecule has 8 heteroatoms. The summed E-state index contributed by atoms with van der Waals surface area (Å²) in [6, 6.07) is 6.35. The first-order chi connectivity index (χ1) is 14.3. The lowest BCUT2D eigenvalue weighted by Gasteiger charge is -2.21. The van der Waals surface area contributed by atoms with Crippen LogP contribution in [0, 0.1) is 0 Å². The Balaban J connectivity index is 1.28. The first-order valence-corrected chi connectivity index (χ1v) is 10.3. The number of fused-ring (bicyclic) bond motifs is 2. The van der Waals surface area contributed by atoms with Crippen molar-refractivity contribution in [3.05, 3.63) is 47.9 Å². The smallest absolute Gasteiger partial charge is 0.230 e. The fraction of sp³-hybridized carbons (Fsp3) is 0.429. The van der Waals surface area contributed by atoms with E-state index in [2.05, 4.69) is 30.1 Å². The van der Waals surface area contributed by atoms with Crippen LogP contribution in [0.1, 0.15) is 61.3 Å². The minimum atomic E-state index is 0.211. The number of hydrogen-bond acceptors (Lipinski definition) is 7. The number of hydrogen-bond donors (Lipinski definition) is 0. The van der Waals surface area contributed by atoms with Crippen molar-refractivity contribution in [2.75, 3.05) is 0 Å². The van der Waals surface area contributed by atoms with Gasteiger partial charge in [-0.05, 0) is 43.9 Å². The zero-order valence-corrected chi connectivity index (χ0v) is 16.0. The SMILES string of the molecule is c1cnc2cc(-c3noc(C4CCc5nnn(C6CCCC6)c5C4)n3)ccc2n1. The van der Waals surface area contributed by atoms with Crippen molar-refractivity contribution in [1.82, 2.24) is 35.1 Å². The van der Waals surface area contributed by atoms with E-state index in [1.807, 2.05) is 18.2 Å². The van der Waals surface area contributed by atoms with Crippen LogP contribution in [0.5, 0.6) is 0 Å². The van der Waals surface area contributed by atoms with Crippen LogP contribution in [0.15, 0.2) is 35.1 Å². The highest BCUT2D eigenvalue weighted by molar-refractivity contribution is 5.79. The monoisotopic (exact) mass is 387 g/mol. The van der Waals surface area contributed by atoms with E-state index >= 15 is 0 Å². The van der Waals surface area contributed by atoms with Gasteiger partial charge in [-0.3, -0.25) is 9.97 Å². The van der Waals surface area contributed by atoms with Gasteiger partial charge in [0.1, 0.15) is 0 Å². The number of aryl methyl sites for hydroxylation is 1. The minimum absolute atomic E-state index is 0.211. The van der Waals surface area contributed by atoms with E-state index in [-0.39, 0.29) is 5.92 Å². The van der Waals surface area contributed by atoms with E-state index in [4.69, 9.17) is 9.51 Å². The lowest BCUT2D eigenvalue weighted by atomic mass is 9.89. The first kappa shape index (κ1) is 16.8. The third-order valence-electron chi connectivity index (χ3n) is 6.23. The Morgan fingerprint density at radius 3 is 2.76 bits per heavy atom. The average Bonchev–Trinajstić information content (AvgIpc) is 3.53. The number of nitrogens with zero attached hydrogens (tertiary/aromatic N) is 7. The fourth-order valence-corrected chi connectivity index (χ4v) is 4.67. The quantitative estimate of drug-likeness (QED) is 0.529. The molecule has 1 saturated carbocycles. The standard InChI is InChI=1S/C21H21N7O/c1-2-4-15(3-1)28-19-12-14(6-8-17(19)25-27-28)21-24-20(26-29-21)13-5-7-16-18(11-13)23-10-9-22-16/h5,7,9-11,14-15H,1-4,6,8,12H2. The maximum absolute atomic E-state index is 5.68. The molecule has 6 rings (SSSR count). The molecular weight excluding hydrogens is 366 g/mol. The molecule has 4 aromatic rings. The summed E-state index contributed by atoms with van der Waals surface area (Å²) < 4.78 is 7.85. The zero-order valence-electron chi connectivity index (χ0n) is 16.0. The first-order valence-electron chi connectivity index (χ1n) is 10.3. The van der Waals surface area contributed by atoms with Crippen molar-refractivity contribution in [1.29, 1.82) is 0 Å². The van der Waals surface area contributed by atoms with E-state index < -0.39 is 0 Å². The number of aromatic nitrogens is 7. The molecule has 1 unspecified atom stereocenters. The lowest BCUT2D eigenvalue weighted by molar-refractivity contribution is 0.334. The molecule has 3 aromatic heterocycles. The van der Waals surface area contributed by atoms with Gasteiger partial charge in [-0.1, -0.05) is 23.2 Å². The molecule has 0 amide bonds. The fourth-order valence-electron chi connectivity index (χ4n) is 4.67.